The van der Waals surface area contributed by atoms with Gasteiger partial charge in [0.25, 0.3) is 11.4 Å². The summed E-state index contributed by atoms with van der Waals surface area (Å²) in [4.78, 5) is 91.2. The Bertz CT molecular complexity index is 1510. The average molecular weight is 658 g/mol. The molecule has 0 amide bonds. The van der Waals surface area contributed by atoms with Gasteiger partial charge in [0, 0.05) is 37.8 Å². The first-order chi connectivity index (χ1) is 21.2. The van der Waals surface area contributed by atoms with Gasteiger partial charge in [-0.25, -0.2) is 0 Å². The van der Waals surface area contributed by atoms with E-state index in [-0.39, 0.29) is 50.7 Å². The molecule has 0 saturated heterocycles. The Hall–Kier alpha value is -5.16. The summed E-state index contributed by atoms with van der Waals surface area (Å²) in [5.41, 5.74) is -6.07. The molecule has 12 nitrogen and oxygen atoms in total. The second-order valence-electron chi connectivity index (χ2n) is 10.1. The summed E-state index contributed by atoms with van der Waals surface area (Å²) in [7, 11) is 0. The predicted molar refractivity (Wildman–Crippen MR) is 140 cm³/mol. The molecule has 0 unspecified atom stereocenters. The molecule has 2 aromatic rings. The molecule has 0 aliphatic heterocycles. The van der Waals surface area contributed by atoms with E-state index in [1.807, 2.05) is 0 Å². The molecule has 244 valence electrons. The summed E-state index contributed by atoms with van der Waals surface area (Å²) in [5, 5.41) is 21.9. The van der Waals surface area contributed by atoms with Crippen LogP contribution in [0, 0.1) is 32.1 Å². The molecule has 4 rings (SSSR count). The van der Waals surface area contributed by atoms with E-state index in [9.17, 15) is 75.3 Å². The van der Waals surface area contributed by atoms with Crippen molar-refractivity contribution < 1.29 is 65.0 Å². The molecular weight excluding hydrogens is 638 g/mol. The second-order valence-corrected chi connectivity index (χ2v) is 10.1. The van der Waals surface area contributed by atoms with Crippen LogP contribution in [-0.2, 0) is 31.5 Å². The lowest BCUT2D eigenvalue weighted by Gasteiger charge is -2.18. The van der Waals surface area contributed by atoms with Crippen LogP contribution in [0.4, 0.5) is 37.7 Å². The molecule has 2 fully saturated rings. The summed E-state index contributed by atoms with van der Waals surface area (Å²) in [6.07, 6.45) is -9.13. The van der Waals surface area contributed by atoms with E-state index in [1.54, 1.807) is 0 Å². The van der Waals surface area contributed by atoms with E-state index in [0.717, 1.165) is 0 Å². The maximum absolute atomic E-state index is 12.6. The van der Waals surface area contributed by atoms with E-state index >= 15 is 0 Å². The lowest BCUT2D eigenvalue weighted by Crippen LogP contribution is -2.35. The molecule has 2 saturated carbocycles. The second kappa shape index (κ2) is 13.5. The Balaban J connectivity index is 0.000000250. The molecule has 0 radical (unpaired) electrons. The number of carbonyl (C=O) groups is 6. The fraction of sp³-hybridized carbons (Fsp3) is 0.357. The minimum atomic E-state index is -4.82. The van der Waals surface area contributed by atoms with Crippen molar-refractivity contribution in [3.8, 4) is 0 Å². The quantitative estimate of drug-likeness (QED) is 0.127. The van der Waals surface area contributed by atoms with Crippen LogP contribution in [0.25, 0.3) is 0 Å². The number of benzene rings is 2. The molecule has 0 atom stereocenters. The smallest absolute Gasteiger partial charge is 0.298 e. The Labute approximate surface area is 253 Å². The van der Waals surface area contributed by atoms with E-state index in [1.165, 1.54) is 0 Å². The molecule has 2 aliphatic rings. The van der Waals surface area contributed by atoms with E-state index in [0.29, 0.717) is 24.3 Å². The lowest BCUT2D eigenvalue weighted by molar-refractivity contribution is -0.385. The highest BCUT2D eigenvalue weighted by molar-refractivity contribution is 6.26. The van der Waals surface area contributed by atoms with Gasteiger partial charge in [-0.15, -0.1) is 0 Å². The van der Waals surface area contributed by atoms with Crippen LogP contribution in [0.2, 0.25) is 0 Å². The first kappa shape index (κ1) is 35.3. The Morgan fingerprint density at radius 3 is 1.11 bits per heavy atom. The Kier molecular flexibility index (Phi) is 10.3. The van der Waals surface area contributed by atoms with Gasteiger partial charge < -0.3 is 0 Å². The number of alkyl halides is 6. The van der Waals surface area contributed by atoms with Gasteiger partial charge in [0.15, 0.2) is 34.7 Å². The van der Waals surface area contributed by atoms with Crippen molar-refractivity contribution in [2.24, 2.45) is 11.8 Å². The zero-order valence-electron chi connectivity index (χ0n) is 23.1. The highest BCUT2D eigenvalue weighted by Crippen LogP contribution is 2.36. The number of nitro groups is 2. The molecule has 0 bridgehead atoms. The van der Waals surface area contributed by atoms with Gasteiger partial charge in [-0.3, -0.25) is 49.0 Å². The van der Waals surface area contributed by atoms with Crippen LogP contribution in [0.3, 0.4) is 0 Å². The molecule has 18 heteroatoms. The first-order valence-electron chi connectivity index (χ1n) is 13.2. The van der Waals surface area contributed by atoms with Gasteiger partial charge >= 0.3 is 12.4 Å². The lowest BCUT2D eigenvalue weighted by atomic mass is 9.81. The fourth-order valence-corrected chi connectivity index (χ4v) is 4.84. The van der Waals surface area contributed by atoms with Crippen molar-refractivity contribution in [1.82, 2.24) is 0 Å². The maximum Gasteiger partial charge on any atom is 0.416 e. The molecule has 0 N–H and O–H groups in total. The average Bonchev–Trinajstić information content (AvgIpc) is 2.95. The van der Waals surface area contributed by atoms with Crippen LogP contribution in [-0.4, -0.2) is 44.5 Å². The third-order valence-electron chi connectivity index (χ3n) is 7.08. The van der Waals surface area contributed by atoms with Gasteiger partial charge in [0.05, 0.1) is 32.1 Å². The van der Waals surface area contributed by atoms with Crippen LogP contribution >= 0.6 is 0 Å². The van der Waals surface area contributed by atoms with Gasteiger partial charge in [-0.05, 0) is 37.1 Å². The number of hydrogen-bond donors (Lipinski definition) is 0. The van der Waals surface area contributed by atoms with Gasteiger partial charge in [-0.1, -0.05) is 0 Å². The number of hydrogen-bond acceptors (Lipinski definition) is 10. The number of halogens is 6. The zero-order valence-corrected chi connectivity index (χ0v) is 23.1. The Morgan fingerprint density at radius 2 is 0.870 bits per heavy atom. The molecule has 46 heavy (non-hydrogen) atoms. The number of Topliss-reactive ketones (excluding diaryl/α,β-unsaturated/α-hetero) is 6. The molecule has 0 aromatic heterocycles. The number of rotatable bonds is 6. The van der Waals surface area contributed by atoms with Crippen LogP contribution in [0.15, 0.2) is 36.4 Å². The number of ketones is 6. The third-order valence-corrected chi connectivity index (χ3v) is 7.08. The van der Waals surface area contributed by atoms with Crippen LogP contribution in [0.1, 0.15) is 70.4 Å². The van der Waals surface area contributed by atoms with Crippen molar-refractivity contribution in [2.45, 2.75) is 50.9 Å². The van der Waals surface area contributed by atoms with Gasteiger partial charge in [0.1, 0.15) is 11.8 Å². The van der Waals surface area contributed by atoms with E-state index < -0.39 is 102 Å². The molecular formula is C28H20F6N2O10. The maximum atomic E-state index is 12.6. The standard InChI is InChI=1S/2C14H10F3NO5/c2*15-14(16,17)7-4-5-8(9(6-7)18(22)23)13(21)12-10(19)2-1-3-11(12)20/h2*4-6,12H,1-3H2. The molecule has 2 aromatic carbocycles. The minimum absolute atomic E-state index is 0.0173. The number of nitro benzene ring substituents is 2. The van der Waals surface area contributed by atoms with Crippen molar-refractivity contribution in [2.75, 3.05) is 0 Å². The van der Waals surface area contributed by atoms with Crippen molar-refractivity contribution >= 4 is 46.1 Å². The minimum Gasteiger partial charge on any atom is -0.298 e. The van der Waals surface area contributed by atoms with Crippen molar-refractivity contribution in [3.05, 3.63) is 78.9 Å². The van der Waals surface area contributed by atoms with Gasteiger partial charge in [0.2, 0.25) is 0 Å². The largest absolute Gasteiger partial charge is 0.416 e. The third kappa shape index (κ3) is 7.73. The highest BCUT2D eigenvalue weighted by atomic mass is 19.4. The van der Waals surface area contributed by atoms with E-state index in [2.05, 4.69) is 0 Å². The van der Waals surface area contributed by atoms with Crippen molar-refractivity contribution in [1.29, 1.82) is 0 Å². The molecule has 2 aliphatic carbocycles. The fourth-order valence-electron chi connectivity index (χ4n) is 4.84. The summed E-state index contributed by atoms with van der Waals surface area (Å²) >= 11 is 0. The predicted octanol–water partition coefficient (Wildman–Crippen LogP) is 5.47. The Morgan fingerprint density at radius 1 is 0.587 bits per heavy atom. The number of nitrogens with zero attached hydrogens (tertiary/aromatic N) is 2. The van der Waals surface area contributed by atoms with E-state index in [4.69, 9.17) is 0 Å². The summed E-state index contributed by atoms with van der Waals surface area (Å²) < 4.78 is 75.8. The van der Waals surface area contributed by atoms with Crippen LogP contribution < -0.4 is 0 Å². The topological polar surface area (TPSA) is 189 Å². The number of carbonyl (C=O) groups excluding carboxylic acids is 6. The SMILES string of the molecule is O=C1CCCC(=O)C1C(=O)c1ccc(C(F)(F)F)cc1[N+](=O)[O-].O=C1CCCC(=O)C1C(=O)c1ccc(C(F)(F)F)cc1[N+](=O)[O-]. The van der Waals surface area contributed by atoms with Crippen molar-refractivity contribution in [3.63, 3.8) is 0 Å². The summed E-state index contributed by atoms with van der Waals surface area (Å²) in [5.74, 6) is -8.25. The molecule has 0 spiro atoms. The van der Waals surface area contributed by atoms with Crippen LogP contribution in [0.5, 0.6) is 0 Å². The summed E-state index contributed by atoms with van der Waals surface area (Å²) in [6, 6.07) is 2.75. The zero-order chi connectivity index (χ0) is 34.7. The first-order valence-corrected chi connectivity index (χ1v) is 13.2. The van der Waals surface area contributed by atoms with Gasteiger partial charge in [-0.2, -0.15) is 26.3 Å². The summed E-state index contributed by atoms with van der Waals surface area (Å²) in [6.45, 7) is 0. The molecule has 0 heterocycles. The monoisotopic (exact) mass is 658 g/mol. The normalized spacial score (nSPS) is 16.5. The highest BCUT2D eigenvalue weighted by Gasteiger charge is 2.42.